The largest absolute Gasteiger partial charge is 0.493 e. The van der Waals surface area contributed by atoms with Gasteiger partial charge in [-0.1, -0.05) is 18.2 Å². The molecule has 1 fully saturated rings. The van der Waals surface area contributed by atoms with Crippen molar-refractivity contribution >= 4 is 17.9 Å². The van der Waals surface area contributed by atoms with Gasteiger partial charge in [-0.05, 0) is 70.9 Å². The highest BCUT2D eigenvalue weighted by molar-refractivity contribution is 5.77. The van der Waals surface area contributed by atoms with Crippen LogP contribution in [0, 0.1) is 19.8 Å². The second-order valence-corrected chi connectivity index (χ2v) is 9.98. The quantitative estimate of drug-likeness (QED) is 0.503. The molecule has 0 aromatic heterocycles. The molecular weight excluding hydrogens is 434 g/mol. The van der Waals surface area contributed by atoms with Crippen LogP contribution in [0.2, 0.25) is 0 Å². The molecule has 0 atom stereocenters. The van der Waals surface area contributed by atoms with Gasteiger partial charge in [0.25, 0.3) is 0 Å². The Morgan fingerprint density at radius 3 is 2.29 bits per heavy atom. The number of aryl methyl sites for hydroxylation is 2. The molecule has 0 spiro atoms. The van der Waals surface area contributed by atoms with Crippen molar-refractivity contribution in [3.63, 3.8) is 0 Å². The van der Waals surface area contributed by atoms with Gasteiger partial charge in [0.15, 0.2) is 0 Å². The van der Waals surface area contributed by atoms with Gasteiger partial charge in [-0.2, -0.15) is 0 Å². The maximum Gasteiger partial charge on any atom is 0.407 e. The van der Waals surface area contributed by atoms with E-state index in [9.17, 15) is 14.4 Å². The van der Waals surface area contributed by atoms with Gasteiger partial charge in [0.1, 0.15) is 11.4 Å². The molecule has 1 aromatic rings. The molecule has 2 N–H and O–H groups in total. The number of nitrogens with one attached hydrogen (secondary N) is 2. The fraction of sp³-hybridized carbons (Fsp3) is 0.654. The summed E-state index contributed by atoms with van der Waals surface area (Å²) < 4.78 is 11.0. The molecule has 3 amide bonds. The van der Waals surface area contributed by atoms with Crippen molar-refractivity contribution in [2.24, 2.45) is 5.92 Å². The molecule has 1 heterocycles. The van der Waals surface area contributed by atoms with Crippen LogP contribution in [0.25, 0.3) is 0 Å². The second kappa shape index (κ2) is 13.2. The summed E-state index contributed by atoms with van der Waals surface area (Å²) >= 11 is 0. The van der Waals surface area contributed by atoms with Crippen LogP contribution in [0.3, 0.4) is 0 Å². The van der Waals surface area contributed by atoms with Gasteiger partial charge in [0.2, 0.25) is 11.8 Å². The minimum absolute atomic E-state index is 0.0987. The highest BCUT2D eigenvalue weighted by Gasteiger charge is 2.23. The first kappa shape index (κ1) is 27.5. The summed E-state index contributed by atoms with van der Waals surface area (Å²) in [4.78, 5) is 38.1. The van der Waals surface area contributed by atoms with Crippen LogP contribution in [-0.4, -0.2) is 61.2 Å². The summed E-state index contributed by atoms with van der Waals surface area (Å²) in [5.41, 5.74) is 1.66. The van der Waals surface area contributed by atoms with Crippen LogP contribution in [0.15, 0.2) is 18.2 Å². The number of likely N-dealkylation sites (tertiary alicyclic amines) is 1. The standard InChI is InChI=1S/C26H41N3O5/c1-19-8-6-9-20(2)24(19)33-17-7-10-23(31)29-15-12-21(13-16-29)18-28-22(30)11-14-27-25(32)34-26(3,4)5/h6,8-9,21H,7,10-18H2,1-5H3,(H,27,32)(H,28,30). The number of piperidine rings is 1. The van der Waals surface area contributed by atoms with Gasteiger partial charge in [-0.25, -0.2) is 4.79 Å². The molecule has 8 nitrogen and oxygen atoms in total. The van der Waals surface area contributed by atoms with Crippen LogP contribution < -0.4 is 15.4 Å². The number of amides is 3. The molecule has 2 rings (SSSR count). The minimum Gasteiger partial charge on any atom is -0.493 e. The van der Waals surface area contributed by atoms with Crippen molar-refractivity contribution < 1.29 is 23.9 Å². The second-order valence-electron chi connectivity index (χ2n) is 9.98. The van der Waals surface area contributed by atoms with Crippen molar-refractivity contribution in [1.29, 1.82) is 0 Å². The van der Waals surface area contributed by atoms with E-state index < -0.39 is 11.7 Å². The minimum atomic E-state index is -0.559. The Morgan fingerprint density at radius 2 is 1.68 bits per heavy atom. The van der Waals surface area contributed by atoms with E-state index in [1.54, 1.807) is 20.8 Å². The smallest absolute Gasteiger partial charge is 0.407 e. The summed E-state index contributed by atoms with van der Waals surface area (Å²) in [5.74, 6) is 1.34. The van der Waals surface area contributed by atoms with E-state index in [1.807, 2.05) is 36.9 Å². The van der Waals surface area contributed by atoms with E-state index in [4.69, 9.17) is 9.47 Å². The van der Waals surface area contributed by atoms with Gasteiger partial charge in [-0.15, -0.1) is 0 Å². The molecule has 34 heavy (non-hydrogen) atoms. The van der Waals surface area contributed by atoms with Crippen molar-refractivity contribution in [2.75, 3.05) is 32.8 Å². The van der Waals surface area contributed by atoms with E-state index in [0.717, 1.165) is 42.8 Å². The average Bonchev–Trinajstić information content (AvgIpc) is 2.76. The Hall–Kier alpha value is -2.77. The van der Waals surface area contributed by atoms with Gasteiger partial charge in [0.05, 0.1) is 6.61 Å². The zero-order chi connectivity index (χ0) is 25.1. The number of nitrogens with zero attached hydrogens (tertiary/aromatic N) is 1. The SMILES string of the molecule is Cc1cccc(C)c1OCCCC(=O)N1CCC(CNC(=O)CCNC(=O)OC(C)(C)C)CC1. The number of para-hydroxylation sites is 1. The molecule has 0 bridgehead atoms. The zero-order valence-corrected chi connectivity index (χ0v) is 21.4. The molecule has 0 unspecified atom stereocenters. The predicted molar refractivity (Wildman–Crippen MR) is 132 cm³/mol. The summed E-state index contributed by atoms with van der Waals surface area (Å²) in [6.07, 6.45) is 2.62. The van der Waals surface area contributed by atoms with Crippen molar-refractivity contribution in [3.8, 4) is 5.75 Å². The lowest BCUT2D eigenvalue weighted by molar-refractivity contribution is -0.133. The highest BCUT2D eigenvalue weighted by Crippen LogP contribution is 2.23. The van der Waals surface area contributed by atoms with E-state index in [-0.39, 0.29) is 24.8 Å². The first-order valence-electron chi connectivity index (χ1n) is 12.3. The number of carbonyl (C=O) groups is 3. The molecule has 190 valence electrons. The van der Waals surface area contributed by atoms with Crippen LogP contribution in [0.1, 0.15) is 64.0 Å². The Morgan fingerprint density at radius 1 is 1.03 bits per heavy atom. The third kappa shape index (κ3) is 10.0. The number of hydrogen-bond acceptors (Lipinski definition) is 5. The van der Waals surface area contributed by atoms with Crippen LogP contribution in [0.5, 0.6) is 5.75 Å². The molecule has 0 radical (unpaired) electrons. The normalized spacial score (nSPS) is 14.4. The number of alkyl carbamates (subject to hydrolysis) is 1. The summed E-state index contributed by atoms with van der Waals surface area (Å²) in [5, 5.41) is 5.52. The maximum absolute atomic E-state index is 12.5. The fourth-order valence-corrected chi connectivity index (χ4v) is 3.91. The number of benzene rings is 1. The fourth-order valence-electron chi connectivity index (χ4n) is 3.91. The molecule has 1 aliphatic rings. The average molecular weight is 476 g/mol. The third-order valence-electron chi connectivity index (χ3n) is 5.77. The lowest BCUT2D eigenvalue weighted by atomic mass is 9.96. The summed E-state index contributed by atoms with van der Waals surface area (Å²) in [6.45, 7) is 12.2. The number of carbonyl (C=O) groups excluding carboxylic acids is 3. The van der Waals surface area contributed by atoms with Crippen molar-refractivity contribution in [2.45, 2.75) is 72.3 Å². The molecule has 1 saturated heterocycles. The van der Waals surface area contributed by atoms with Crippen LogP contribution in [0.4, 0.5) is 4.79 Å². The van der Waals surface area contributed by atoms with Crippen molar-refractivity contribution in [3.05, 3.63) is 29.3 Å². The monoisotopic (exact) mass is 475 g/mol. The van der Waals surface area contributed by atoms with Crippen molar-refractivity contribution in [1.82, 2.24) is 15.5 Å². The Balaban J connectivity index is 1.56. The first-order chi connectivity index (χ1) is 16.0. The van der Waals surface area contributed by atoms with Gasteiger partial charge >= 0.3 is 6.09 Å². The molecule has 8 heteroatoms. The number of hydrogen-bond donors (Lipinski definition) is 2. The zero-order valence-electron chi connectivity index (χ0n) is 21.4. The van der Waals surface area contributed by atoms with E-state index >= 15 is 0 Å². The number of rotatable bonds is 10. The van der Waals surface area contributed by atoms with Crippen LogP contribution >= 0.6 is 0 Å². The van der Waals surface area contributed by atoms with Gasteiger partial charge in [-0.3, -0.25) is 9.59 Å². The van der Waals surface area contributed by atoms with E-state index in [2.05, 4.69) is 10.6 Å². The predicted octanol–water partition coefficient (Wildman–Crippen LogP) is 3.73. The van der Waals surface area contributed by atoms with Gasteiger partial charge < -0.3 is 25.0 Å². The first-order valence-corrected chi connectivity index (χ1v) is 12.3. The highest BCUT2D eigenvalue weighted by atomic mass is 16.6. The van der Waals surface area contributed by atoms with E-state index in [1.165, 1.54) is 0 Å². The van der Waals surface area contributed by atoms with Crippen LogP contribution in [-0.2, 0) is 14.3 Å². The maximum atomic E-state index is 12.5. The Kier molecular flexibility index (Phi) is 10.7. The molecular formula is C26H41N3O5. The Bertz CT molecular complexity index is 806. The lowest BCUT2D eigenvalue weighted by Gasteiger charge is -2.32. The topological polar surface area (TPSA) is 97.0 Å². The third-order valence-corrected chi connectivity index (χ3v) is 5.77. The molecule has 0 aliphatic carbocycles. The molecule has 0 saturated carbocycles. The summed E-state index contributed by atoms with van der Waals surface area (Å²) in [6, 6.07) is 6.07. The van der Waals surface area contributed by atoms with Gasteiger partial charge in [0, 0.05) is 39.0 Å². The molecule has 1 aliphatic heterocycles. The summed E-state index contributed by atoms with van der Waals surface area (Å²) in [7, 11) is 0. The molecule has 1 aromatic carbocycles. The Labute approximate surface area is 203 Å². The number of ether oxygens (including phenoxy) is 2. The lowest BCUT2D eigenvalue weighted by Crippen LogP contribution is -2.42. The van der Waals surface area contributed by atoms with E-state index in [0.29, 0.717) is 31.9 Å².